The number of likely N-dealkylation sites (tertiary alicyclic amines) is 1. The highest BCUT2D eigenvalue weighted by atomic mass is 32.1. The third-order valence-corrected chi connectivity index (χ3v) is 5.69. The Balaban J connectivity index is 1.32. The summed E-state index contributed by atoms with van der Waals surface area (Å²) in [5.74, 6) is 1.21. The molecule has 1 saturated carbocycles. The summed E-state index contributed by atoms with van der Waals surface area (Å²) >= 11 is 5.61. The Morgan fingerprint density at radius 3 is 2.54 bits per heavy atom. The molecule has 1 N–H and O–H groups in total. The van der Waals surface area contributed by atoms with Gasteiger partial charge in [-0.05, 0) is 57.0 Å². The molecule has 6 nitrogen and oxygen atoms in total. The lowest BCUT2D eigenvalue weighted by atomic mass is 9.96. The van der Waals surface area contributed by atoms with Gasteiger partial charge in [0.15, 0.2) is 4.77 Å². The maximum absolute atomic E-state index is 12.4. The lowest BCUT2D eigenvalue weighted by Gasteiger charge is -2.30. The fourth-order valence-corrected chi connectivity index (χ4v) is 4.05. The largest absolute Gasteiger partial charge is 0.326 e. The number of nitrogens with zero attached hydrogens (tertiary/aromatic N) is 4. The number of piperidine rings is 1. The van der Waals surface area contributed by atoms with Crippen molar-refractivity contribution in [2.24, 2.45) is 5.92 Å². The Bertz CT molecular complexity index is 831. The molecule has 1 saturated heterocycles. The summed E-state index contributed by atoms with van der Waals surface area (Å²) in [6.07, 6.45) is 4.16. The summed E-state index contributed by atoms with van der Waals surface area (Å²) < 4.78 is 4.96. The third kappa shape index (κ3) is 3.73. The minimum Gasteiger partial charge on any atom is -0.326 e. The van der Waals surface area contributed by atoms with Crippen molar-refractivity contribution in [3.63, 3.8) is 0 Å². The van der Waals surface area contributed by atoms with Gasteiger partial charge in [0.05, 0.1) is 6.67 Å². The molecule has 2 aliphatic rings. The maximum atomic E-state index is 12.4. The Morgan fingerprint density at radius 1 is 1.19 bits per heavy atom. The molecule has 1 aromatic carbocycles. The predicted octanol–water partition coefficient (Wildman–Crippen LogP) is 3.37. The van der Waals surface area contributed by atoms with E-state index in [0.29, 0.717) is 12.7 Å². The van der Waals surface area contributed by atoms with Gasteiger partial charge in [0.25, 0.3) is 0 Å². The van der Waals surface area contributed by atoms with Crippen LogP contribution in [-0.4, -0.2) is 38.2 Å². The number of rotatable bonds is 5. The summed E-state index contributed by atoms with van der Waals surface area (Å²) in [5.41, 5.74) is 0.868. The lowest BCUT2D eigenvalue weighted by molar-refractivity contribution is -0.121. The van der Waals surface area contributed by atoms with Crippen molar-refractivity contribution >= 4 is 23.8 Å². The first-order chi connectivity index (χ1) is 12.6. The topological polar surface area (TPSA) is 55.1 Å². The fraction of sp³-hybridized carbons (Fsp3) is 0.526. The van der Waals surface area contributed by atoms with E-state index in [-0.39, 0.29) is 11.8 Å². The van der Waals surface area contributed by atoms with Gasteiger partial charge in [0.2, 0.25) is 5.91 Å². The molecule has 1 amide bonds. The van der Waals surface area contributed by atoms with Crippen LogP contribution < -0.4 is 5.32 Å². The second kappa shape index (κ2) is 7.32. The molecule has 2 fully saturated rings. The van der Waals surface area contributed by atoms with Crippen molar-refractivity contribution in [1.82, 2.24) is 19.2 Å². The van der Waals surface area contributed by atoms with Crippen LogP contribution >= 0.6 is 12.2 Å². The molecule has 4 rings (SSSR count). The van der Waals surface area contributed by atoms with Gasteiger partial charge < -0.3 is 9.88 Å². The minimum absolute atomic E-state index is 0.0742. The van der Waals surface area contributed by atoms with E-state index in [2.05, 4.69) is 19.9 Å². The number of hydrogen-bond donors (Lipinski definition) is 1. The van der Waals surface area contributed by atoms with Crippen LogP contribution in [-0.2, 0) is 11.5 Å². The molecule has 0 unspecified atom stereocenters. The molecule has 0 atom stereocenters. The predicted molar refractivity (Wildman–Crippen MR) is 103 cm³/mol. The first-order valence-electron chi connectivity index (χ1n) is 9.36. The van der Waals surface area contributed by atoms with E-state index in [1.807, 2.05) is 41.9 Å². The number of amides is 1. The number of hydrogen-bond acceptors (Lipinski definition) is 4. The number of anilines is 1. The van der Waals surface area contributed by atoms with Gasteiger partial charge >= 0.3 is 0 Å². The average Bonchev–Trinajstić information content (AvgIpc) is 3.43. The highest BCUT2D eigenvalue weighted by Crippen LogP contribution is 2.36. The van der Waals surface area contributed by atoms with Crippen LogP contribution in [0, 0.1) is 17.6 Å². The zero-order valence-corrected chi connectivity index (χ0v) is 15.9. The molecule has 2 heterocycles. The van der Waals surface area contributed by atoms with Crippen molar-refractivity contribution in [1.29, 1.82) is 0 Å². The van der Waals surface area contributed by atoms with Crippen molar-refractivity contribution < 1.29 is 4.79 Å². The highest BCUT2D eigenvalue weighted by Gasteiger charge is 2.28. The molecule has 1 aliphatic carbocycles. The zero-order chi connectivity index (χ0) is 18.1. The molecule has 7 heteroatoms. The molecule has 138 valence electrons. The summed E-state index contributed by atoms with van der Waals surface area (Å²) in [6.45, 7) is 4.53. The van der Waals surface area contributed by atoms with Gasteiger partial charge in [-0.15, -0.1) is 0 Å². The summed E-state index contributed by atoms with van der Waals surface area (Å²) in [4.78, 5) is 14.8. The second-order valence-electron chi connectivity index (χ2n) is 7.32. The Hall–Kier alpha value is -1.99. The fourth-order valence-electron chi connectivity index (χ4n) is 3.67. The van der Waals surface area contributed by atoms with Gasteiger partial charge in [0.1, 0.15) is 5.82 Å². The summed E-state index contributed by atoms with van der Waals surface area (Å²) in [7, 11) is 0. The van der Waals surface area contributed by atoms with E-state index >= 15 is 0 Å². The van der Waals surface area contributed by atoms with E-state index < -0.39 is 0 Å². The van der Waals surface area contributed by atoms with E-state index in [9.17, 15) is 4.79 Å². The normalized spacial score (nSPS) is 18.8. The quantitative estimate of drug-likeness (QED) is 0.819. The van der Waals surface area contributed by atoms with Gasteiger partial charge in [-0.25, -0.2) is 4.68 Å². The van der Waals surface area contributed by atoms with Crippen LogP contribution in [0.25, 0.3) is 0 Å². The molecule has 0 bridgehead atoms. The standard InChI is InChI=1S/C19H25N5OS/c1-14-21-23(19(26)24(14)17-7-8-17)13-22-11-9-15(10-12-22)18(25)20-16-5-3-2-4-6-16/h2-6,15,17H,7-13H2,1H3,(H,20,25). The van der Waals surface area contributed by atoms with Crippen LogP contribution in [0.2, 0.25) is 0 Å². The van der Waals surface area contributed by atoms with Gasteiger partial charge in [-0.3, -0.25) is 9.69 Å². The van der Waals surface area contributed by atoms with Gasteiger partial charge in [-0.1, -0.05) is 18.2 Å². The van der Waals surface area contributed by atoms with Gasteiger partial charge in [0, 0.05) is 30.7 Å². The Labute approximate surface area is 158 Å². The summed E-state index contributed by atoms with van der Waals surface area (Å²) in [5, 5.41) is 7.65. The van der Waals surface area contributed by atoms with Crippen molar-refractivity contribution in [3.8, 4) is 0 Å². The molecule has 1 aromatic heterocycles. The number of nitrogens with one attached hydrogen (secondary N) is 1. The Morgan fingerprint density at radius 2 is 1.88 bits per heavy atom. The minimum atomic E-state index is 0.0742. The number of aromatic nitrogens is 3. The van der Waals surface area contributed by atoms with E-state index in [4.69, 9.17) is 12.2 Å². The average molecular weight is 372 g/mol. The van der Waals surface area contributed by atoms with Crippen molar-refractivity contribution in [3.05, 3.63) is 40.9 Å². The second-order valence-corrected chi connectivity index (χ2v) is 7.68. The van der Waals surface area contributed by atoms with Gasteiger partial charge in [-0.2, -0.15) is 5.10 Å². The molecule has 2 aromatic rings. The first kappa shape index (κ1) is 17.4. The first-order valence-corrected chi connectivity index (χ1v) is 9.77. The molecular formula is C19H25N5OS. The van der Waals surface area contributed by atoms with E-state index in [1.54, 1.807) is 0 Å². The number of carbonyl (C=O) groups excluding carboxylic acids is 1. The molecule has 0 radical (unpaired) electrons. The maximum Gasteiger partial charge on any atom is 0.227 e. The molecule has 26 heavy (non-hydrogen) atoms. The van der Waals surface area contributed by atoms with Crippen LogP contribution in [0.5, 0.6) is 0 Å². The van der Waals surface area contributed by atoms with Crippen LogP contribution in [0.1, 0.15) is 37.5 Å². The highest BCUT2D eigenvalue weighted by molar-refractivity contribution is 7.71. The van der Waals surface area contributed by atoms with Crippen LogP contribution in [0.3, 0.4) is 0 Å². The summed E-state index contributed by atoms with van der Waals surface area (Å²) in [6, 6.07) is 10.2. The van der Waals surface area contributed by atoms with Crippen LogP contribution in [0.15, 0.2) is 30.3 Å². The number of benzene rings is 1. The third-order valence-electron chi connectivity index (χ3n) is 5.29. The van der Waals surface area contributed by atoms with E-state index in [0.717, 1.165) is 42.2 Å². The number of para-hydroxylation sites is 1. The molecular weight excluding hydrogens is 346 g/mol. The number of carbonyl (C=O) groups is 1. The Kier molecular flexibility index (Phi) is 4.91. The zero-order valence-electron chi connectivity index (χ0n) is 15.1. The molecule has 1 aliphatic heterocycles. The number of aryl methyl sites for hydroxylation is 1. The lowest BCUT2D eigenvalue weighted by Crippen LogP contribution is -2.39. The van der Waals surface area contributed by atoms with Crippen LogP contribution in [0.4, 0.5) is 5.69 Å². The van der Waals surface area contributed by atoms with Crippen molar-refractivity contribution in [2.75, 3.05) is 18.4 Å². The SMILES string of the molecule is Cc1nn(CN2CCC(C(=O)Nc3ccccc3)CC2)c(=S)n1C1CC1. The van der Waals surface area contributed by atoms with Crippen molar-refractivity contribution in [2.45, 2.75) is 45.3 Å². The van der Waals surface area contributed by atoms with E-state index in [1.165, 1.54) is 12.8 Å². The molecule has 0 spiro atoms. The smallest absolute Gasteiger partial charge is 0.227 e. The monoisotopic (exact) mass is 371 g/mol.